The number of benzene rings is 7. The summed E-state index contributed by atoms with van der Waals surface area (Å²) < 4.78 is 18.1. The third-order valence-electron chi connectivity index (χ3n) is 7.84. The molecule has 48 heavy (non-hydrogen) atoms. The average Bonchev–Trinajstić information content (AvgIpc) is 3.12. The molecule has 0 spiro atoms. The van der Waals surface area contributed by atoms with Crippen LogP contribution < -0.4 is 31.4 Å². The fourth-order valence-corrected chi connectivity index (χ4v) is 5.29. The number of hydrogen-bond donors (Lipinski definition) is 3. The molecule has 6 heteroatoms. The van der Waals surface area contributed by atoms with Crippen LogP contribution in [0.4, 0.5) is 17.1 Å². The predicted molar refractivity (Wildman–Crippen MR) is 196 cm³/mol. The van der Waals surface area contributed by atoms with Crippen molar-refractivity contribution in [3.8, 4) is 67.9 Å². The molecule has 0 aliphatic heterocycles. The minimum absolute atomic E-state index is 0.696. The highest BCUT2D eigenvalue weighted by Gasteiger charge is 2.10. The van der Waals surface area contributed by atoms with E-state index in [2.05, 4.69) is 54.6 Å². The zero-order chi connectivity index (χ0) is 32.9. The summed E-state index contributed by atoms with van der Waals surface area (Å²) in [6.07, 6.45) is 0. The lowest BCUT2D eigenvalue weighted by atomic mass is 9.93. The van der Waals surface area contributed by atoms with Gasteiger partial charge in [0.1, 0.15) is 34.5 Å². The van der Waals surface area contributed by atoms with Gasteiger partial charge in [0.25, 0.3) is 0 Å². The van der Waals surface area contributed by atoms with Crippen LogP contribution in [0.2, 0.25) is 0 Å². The molecular weight excluding hydrogens is 594 g/mol. The second kappa shape index (κ2) is 13.4. The second-order valence-corrected chi connectivity index (χ2v) is 11.4. The Morgan fingerprint density at radius 3 is 0.625 bits per heavy atom. The highest BCUT2D eigenvalue weighted by atomic mass is 16.5. The SMILES string of the molecule is Nc1ccc(Oc2ccc(-c3cc(-c4ccc(Oc5ccc(N)cc5)cc4)cc(-c4ccc(Oc5ccc(N)cc5)cc4)c3)cc2)cc1. The largest absolute Gasteiger partial charge is 0.457 e. The van der Waals surface area contributed by atoms with Gasteiger partial charge in [-0.1, -0.05) is 36.4 Å². The van der Waals surface area contributed by atoms with Crippen molar-refractivity contribution in [2.24, 2.45) is 0 Å². The van der Waals surface area contributed by atoms with Crippen molar-refractivity contribution in [2.45, 2.75) is 0 Å². The van der Waals surface area contributed by atoms with E-state index in [4.69, 9.17) is 31.4 Å². The lowest BCUT2D eigenvalue weighted by molar-refractivity contribution is 0.482. The smallest absolute Gasteiger partial charge is 0.127 e. The maximum Gasteiger partial charge on any atom is 0.127 e. The van der Waals surface area contributed by atoms with Gasteiger partial charge >= 0.3 is 0 Å². The van der Waals surface area contributed by atoms with Crippen molar-refractivity contribution in [2.75, 3.05) is 17.2 Å². The molecule has 0 aliphatic rings. The molecular formula is C42H33N3O3. The number of rotatable bonds is 9. The number of ether oxygens (including phenoxy) is 3. The van der Waals surface area contributed by atoms with Crippen LogP contribution in [0.15, 0.2) is 164 Å². The minimum Gasteiger partial charge on any atom is -0.457 e. The van der Waals surface area contributed by atoms with Gasteiger partial charge in [0, 0.05) is 17.1 Å². The summed E-state index contributed by atoms with van der Waals surface area (Å²) in [5, 5.41) is 0. The van der Waals surface area contributed by atoms with E-state index in [1.165, 1.54) is 0 Å². The van der Waals surface area contributed by atoms with Gasteiger partial charge in [0.2, 0.25) is 0 Å². The van der Waals surface area contributed by atoms with Crippen molar-refractivity contribution in [3.05, 3.63) is 164 Å². The van der Waals surface area contributed by atoms with Crippen LogP contribution in [0, 0.1) is 0 Å². The van der Waals surface area contributed by atoms with Crippen LogP contribution in [0.3, 0.4) is 0 Å². The molecule has 0 atom stereocenters. The quantitative estimate of drug-likeness (QED) is 0.138. The molecule has 7 aromatic carbocycles. The van der Waals surface area contributed by atoms with E-state index in [9.17, 15) is 0 Å². The summed E-state index contributed by atoms with van der Waals surface area (Å²) in [5.41, 5.74) is 26.0. The zero-order valence-corrected chi connectivity index (χ0v) is 26.0. The molecule has 0 saturated heterocycles. The molecule has 234 valence electrons. The van der Waals surface area contributed by atoms with Crippen molar-refractivity contribution < 1.29 is 14.2 Å². The van der Waals surface area contributed by atoms with Gasteiger partial charge in [0.15, 0.2) is 0 Å². The Morgan fingerprint density at radius 2 is 0.417 bits per heavy atom. The number of hydrogen-bond acceptors (Lipinski definition) is 6. The summed E-state index contributed by atoms with van der Waals surface area (Å²) in [6, 6.07) is 53.0. The van der Waals surface area contributed by atoms with Crippen LogP contribution in [-0.2, 0) is 0 Å². The van der Waals surface area contributed by atoms with E-state index in [-0.39, 0.29) is 0 Å². The lowest BCUT2D eigenvalue weighted by Crippen LogP contribution is -1.89. The Hall–Kier alpha value is -6.66. The van der Waals surface area contributed by atoms with Crippen LogP contribution in [-0.4, -0.2) is 0 Å². The van der Waals surface area contributed by atoms with Crippen LogP contribution >= 0.6 is 0 Å². The molecule has 0 unspecified atom stereocenters. The summed E-state index contributed by atoms with van der Waals surface area (Å²) in [7, 11) is 0. The highest BCUT2D eigenvalue weighted by Crippen LogP contribution is 2.36. The fraction of sp³-hybridized carbons (Fsp3) is 0. The van der Waals surface area contributed by atoms with E-state index in [1.807, 2.05) is 109 Å². The standard InChI is InChI=1S/C42H33N3O3/c43-34-7-19-40(20-8-34)46-37-13-1-28(2-14-37)31-25-32(29-3-15-38(16-4-29)47-41-21-9-35(44)10-22-41)27-33(26-31)30-5-17-39(18-6-30)48-42-23-11-36(45)12-24-42/h1-27H,43-45H2. The van der Waals surface area contributed by atoms with Gasteiger partial charge in [0.05, 0.1) is 0 Å². The van der Waals surface area contributed by atoms with E-state index in [0.29, 0.717) is 17.1 Å². The van der Waals surface area contributed by atoms with Crippen molar-refractivity contribution in [3.63, 3.8) is 0 Å². The highest BCUT2D eigenvalue weighted by molar-refractivity contribution is 5.81. The Labute approximate surface area is 279 Å². The molecule has 0 saturated carbocycles. The summed E-state index contributed by atoms with van der Waals surface area (Å²) in [6.45, 7) is 0. The number of nitrogen functional groups attached to an aromatic ring is 3. The predicted octanol–water partition coefficient (Wildman–Crippen LogP) is 10.8. The van der Waals surface area contributed by atoms with Gasteiger partial charge in [-0.15, -0.1) is 0 Å². The molecule has 0 amide bonds. The van der Waals surface area contributed by atoms with Gasteiger partial charge in [-0.2, -0.15) is 0 Å². The van der Waals surface area contributed by atoms with Crippen LogP contribution in [0.5, 0.6) is 34.5 Å². The maximum atomic E-state index is 6.04. The first-order valence-corrected chi connectivity index (χ1v) is 15.5. The molecule has 0 fully saturated rings. The number of anilines is 3. The minimum atomic E-state index is 0.696. The molecule has 7 rings (SSSR count). The van der Waals surface area contributed by atoms with Crippen LogP contribution in [0.1, 0.15) is 0 Å². The van der Waals surface area contributed by atoms with E-state index in [1.54, 1.807) is 0 Å². The second-order valence-electron chi connectivity index (χ2n) is 11.4. The Balaban J connectivity index is 1.19. The van der Waals surface area contributed by atoms with Gasteiger partial charge in [-0.3, -0.25) is 0 Å². The molecule has 0 radical (unpaired) electrons. The third-order valence-corrected chi connectivity index (χ3v) is 7.84. The van der Waals surface area contributed by atoms with Crippen molar-refractivity contribution >= 4 is 17.1 Å². The first-order valence-electron chi connectivity index (χ1n) is 15.5. The summed E-state index contributed by atoms with van der Waals surface area (Å²) in [5.74, 6) is 4.42. The number of nitrogens with two attached hydrogens (primary N) is 3. The van der Waals surface area contributed by atoms with Gasteiger partial charge in [-0.25, -0.2) is 0 Å². The van der Waals surface area contributed by atoms with Crippen molar-refractivity contribution in [1.29, 1.82) is 0 Å². The average molecular weight is 628 g/mol. The van der Waals surface area contributed by atoms with E-state index >= 15 is 0 Å². The first-order chi connectivity index (χ1) is 23.4. The van der Waals surface area contributed by atoms with Gasteiger partial charge in [-0.05, 0) is 161 Å². The first kappa shape index (κ1) is 30.0. The van der Waals surface area contributed by atoms with E-state index < -0.39 is 0 Å². The van der Waals surface area contributed by atoms with Crippen molar-refractivity contribution in [1.82, 2.24) is 0 Å². The molecule has 6 nitrogen and oxygen atoms in total. The van der Waals surface area contributed by atoms with Gasteiger partial charge < -0.3 is 31.4 Å². The molecule has 6 N–H and O–H groups in total. The Kier molecular flexibility index (Phi) is 8.36. The Bertz CT molecular complexity index is 1860. The molecule has 0 aliphatic carbocycles. The summed E-state index contributed by atoms with van der Waals surface area (Å²) >= 11 is 0. The monoisotopic (exact) mass is 627 g/mol. The molecule has 0 aromatic heterocycles. The van der Waals surface area contributed by atoms with Crippen LogP contribution in [0.25, 0.3) is 33.4 Å². The molecule has 0 bridgehead atoms. The normalized spacial score (nSPS) is 10.8. The topological polar surface area (TPSA) is 106 Å². The molecule has 7 aromatic rings. The zero-order valence-electron chi connectivity index (χ0n) is 26.0. The third kappa shape index (κ3) is 7.25. The Morgan fingerprint density at radius 1 is 0.229 bits per heavy atom. The lowest BCUT2D eigenvalue weighted by Gasteiger charge is -2.13. The fourth-order valence-electron chi connectivity index (χ4n) is 5.29. The van der Waals surface area contributed by atoms with E-state index in [0.717, 1.165) is 67.9 Å². The molecule has 0 heterocycles. The maximum absolute atomic E-state index is 6.04. The summed E-state index contributed by atoms with van der Waals surface area (Å²) in [4.78, 5) is 0.